The standard InChI is InChI=1S/C23H16N8O/c24-20-15(14-3-1-4-17-16(14)12-26-30-17)11-18(31-10-2-7-27-31)21-19(20)23(32)29-22(28-21)13-5-8-25-9-6-13/h1-12H,24H2,(H,26,30)(H,28,29,32). The van der Waals surface area contributed by atoms with Crippen LogP contribution in [-0.2, 0) is 0 Å². The number of anilines is 1. The highest BCUT2D eigenvalue weighted by Gasteiger charge is 2.20. The fourth-order valence-electron chi connectivity index (χ4n) is 3.98. The molecule has 32 heavy (non-hydrogen) atoms. The quantitative estimate of drug-likeness (QED) is 0.377. The van der Waals surface area contributed by atoms with Gasteiger partial charge in [0.25, 0.3) is 5.56 Å². The molecule has 0 bridgehead atoms. The molecule has 0 aliphatic heterocycles. The summed E-state index contributed by atoms with van der Waals surface area (Å²) in [6, 6.07) is 13.1. The van der Waals surface area contributed by atoms with Crippen molar-refractivity contribution >= 4 is 27.5 Å². The van der Waals surface area contributed by atoms with Crippen LogP contribution in [0.15, 0.2) is 78.2 Å². The van der Waals surface area contributed by atoms with Gasteiger partial charge in [-0.2, -0.15) is 10.2 Å². The highest BCUT2D eigenvalue weighted by Crippen LogP contribution is 2.37. The van der Waals surface area contributed by atoms with Gasteiger partial charge >= 0.3 is 0 Å². The van der Waals surface area contributed by atoms with E-state index in [1.165, 1.54) is 0 Å². The molecule has 9 nitrogen and oxygen atoms in total. The largest absolute Gasteiger partial charge is 0.398 e. The SMILES string of the molecule is Nc1c(-c2cccc3[nH]ncc23)cc(-n2cccn2)c2nc(-c3ccncc3)[nH]c(=O)c12. The van der Waals surface area contributed by atoms with Crippen LogP contribution >= 0.6 is 0 Å². The van der Waals surface area contributed by atoms with Crippen molar-refractivity contribution in [3.05, 3.63) is 83.8 Å². The maximum Gasteiger partial charge on any atom is 0.261 e. The molecule has 0 saturated heterocycles. The molecule has 0 fully saturated rings. The Kier molecular flexibility index (Phi) is 3.87. The van der Waals surface area contributed by atoms with E-state index in [1.807, 2.05) is 36.5 Å². The van der Waals surface area contributed by atoms with E-state index in [9.17, 15) is 4.79 Å². The zero-order chi connectivity index (χ0) is 21.7. The van der Waals surface area contributed by atoms with Gasteiger partial charge in [0.15, 0.2) is 0 Å². The van der Waals surface area contributed by atoms with Gasteiger partial charge in [-0.25, -0.2) is 9.67 Å². The minimum absolute atomic E-state index is 0.311. The lowest BCUT2D eigenvalue weighted by Crippen LogP contribution is -2.14. The summed E-state index contributed by atoms with van der Waals surface area (Å²) >= 11 is 0. The number of hydrogen-bond donors (Lipinski definition) is 3. The van der Waals surface area contributed by atoms with Crippen molar-refractivity contribution in [3.63, 3.8) is 0 Å². The Bertz CT molecular complexity index is 1650. The lowest BCUT2D eigenvalue weighted by Gasteiger charge is -2.15. The first-order valence-electron chi connectivity index (χ1n) is 9.90. The molecule has 0 amide bonds. The minimum Gasteiger partial charge on any atom is -0.398 e. The molecule has 6 aromatic rings. The number of aromatic nitrogens is 7. The maximum absolute atomic E-state index is 13.3. The molecular formula is C23H16N8O. The monoisotopic (exact) mass is 420 g/mol. The summed E-state index contributed by atoms with van der Waals surface area (Å²) in [4.78, 5) is 24.9. The second-order valence-corrected chi connectivity index (χ2v) is 7.32. The van der Waals surface area contributed by atoms with Crippen molar-refractivity contribution in [1.82, 2.24) is 34.9 Å². The average Bonchev–Trinajstić information content (AvgIpc) is 3.52. The third-order valence-corrected chi connectivity index (χ3v) is 5.48. The van der Waals surface area contributed by atoms with Crippen molar-refractivity contribution in [2.75, 3.05) is 5.73 Å². The van der Waals surface area contributed by atoms with E-state index in [1.54, 1.807) is 41.6 Å². The van der Waals surface area contributed by atoms with Gasteiger partial charge in [0, 0.05) is 41.3 Å². The number of rotatable bonds is 3. The van der Waals surface area contributed by atoms with Crippen LogP contribution in [0.4, 0.5) is 5.69 Å². The molecule has 2 aromatic carbocycles. The zero-order valence-electron chi connectivity index (χ0n) is 16.6. The number of aromatic amines is 2. The molecule has 0 aliphatic rings. The van der Waals surface area contributed by atoms with Gasteiger partial charge in [-0.3, -0.25) is 14.9 Å². The number of fused-ring (bicyclic) bond motifs is 2. The second-order valence-electron chi connectivity index (χ2n) is 7.32. The van der Waals surface area contributed by atoms with Gasteiger partial charge in [0.1, 0.15) is 11.3 Å². The van der Waals surface area contributed by atoms with Gasteiger partial charge in [0.2, 0.25) is 0 Å². The Hall–Kier alpha value is -4.79. The molecule has 0 aliphatic carbocycles. The number of hydrogen-bond acceptors (Lipinski definition) is 6. The number of nitrogens with zero attached hydrogens (tertiary/aromatic N) is 5. The lowest BCUT2D eigenvalue weighted by molar-refractivity contribution is 0.884. The second kappa shape index (κ2) is 6.88. The van der Waals surface area contributed by atoms with E-state index in [2.05, 4.69) is 25.3 Å². The van der Waals surface area contributed by atoms with Crippen LogP contribution in [0.1, 0.15) is 0 Å². The third kappa shape index (κ3) is 2.68. The predicted octanol–water partition coefficient (Wildman–Crippen LogP) is 3.30. The van der Waals surface area contributed by atoms with Crippen LogP contribution in [-0.4, -0.2) is 34.9 Å². The van der Waals surface area contributed by atoms with Crippen LogP contribution < -0.4 is 11.3 Å². The highest BCUT2D eigenvalue weighted by atomic mass is 16.1. The van der Waals surface area contributed by atoms with Crippen molar-refractivity contribution in [3.8, 4) is 28.2 Å². The zero-order valence-corrected chi connectivity index (χ0v) is 16.6. The van der Waals surface area contributed by atoms with Crippen LogP contribution in [0.3, 0.4) is 0 Å². The predicted molar refractivity (Wildman–Crippen MR) is 122 cm³/mol. The molecule has 4 heterocycles. The Morgan fingerprint density at radius 3 is 2.69 bits per heavy atom. The molecule has 0 unspecified atom stereocenters. The van der Waals surface area contributed by atoms with Crippen LogP contribution in [0.2, 0.25) is 0 Å². The molecule has 4 aromatic heterocycles. The van der Waals surface area contributed by atoms with Crippen molar-refractivity contribution in [2.45, 2.75) is 0 Å². The first-order chi connectivity index (χ1) is 15.7. The molecule has 0 spiro atoms. The van der Waals surface area contributed by atoms with Crippen LogP contribution in [0.25, 0.3) is 50.0 Å². The fraction of sp³-hybridized carbons (Fsp3) is 0. The van der Waals surface area contributed by atoms with Gasteiger partial charge in [-0.15, -0.1) is 0 Å². The van der Waals surface area contributed by atoms with Gasteiger partial charge in [0.05, 0.1) is 28.5 Å². The number of nitrogen functional groups attached to an aromatic ring is 1. The van der Waals surface area contributed by atoms with Crippen LogP contribution in [0.5, 0.6) is 0 Å². The topological polar surface area (TPSA) is 131 Å². The number of nitrogens with one attached hydrogen (secondary N) is 2. The number of benzene rings is 2. The Morgan fingerprint density at radius 2 is 1.88 bits per heavy atom. The van der Waals surface area contributed by atoms with E-state index in [0.29, 0.717) is 33.7 Å². The molecule has 154 valence electrons. The normalized spacial score (nSPS) is 11.4. The van der Waals surface area contributed by atoms with E-state index < -0.39 is 0 Å². The fourth-order valence-corrected chi connectivity index (χ4v) is 3.98. The van der Waals surface area contributed by atoms with Gasteiger partial charge in [-0.05, 0) is 35.9 Å². The average molecular weight is 420 g/mol. The number of H-pyrrole nitrogens is 2. The number of nitrogens with two attached hydrogens (primary N) is 1. The summed E-state index contributed by atoms with van der Waals surface area (Å²) in [5, 5.41) is 12.7. The third-order valence-electron chi connectivity index (χ3n) is 5.48. The maximum atomic E-state index is 13.3. The Labute approximate surface area is 180 Å². The number of pyridine rings is 1. The molecule has 4 N–H and O–H groups in total. The Morgan fingerprint density at radius 1 is 1.00 bits per heavy atom. The van der Waals surface area contributed by atoms with Gasteiger partial charge in [-0.1, -0.05) is 12.1 Å². The summed E-state index contributed by atoms with van der Waals surface area (Å²) in [6.07, 6.45) is 8.53. The minimum atomic E-state index is -0.325. The van der Waals surface area contributed by atoms with E-state index in [-0.39, 0.29) is 5.56 Å². The van der Waals surface area contributed by atoms with Gasteiger partial charge < -0.3 is 10.7 Å². The lowest BCUT2D eigenvalue weighted by atomic mass is 9.97. The molecule has 6 rings (SSSR count). The molecule has 9 heteroatoms. The smallest absolute Gasteiger partial charge is 0.261 e. The molecule has 0 atom stereocenters. The molecule has 0 radical (unpaired) electrons. The molecule has 0 saturated carbocycles. The first kappa shape index (κ1) is 18.0. The Balaban J connectivity index is 1.73. The van der Waals surface area contributed by atoms with Crippen molar-refractivity contribution in [2.24, 2.45) is 0 Å². The summed E-state index contributed by atoms with van der Waals surface area (Å²) in [5.74, 6) is 0.433. The van der Waals surface area contributed by atoms with Crippen LogP contribution in [0, 0.1) is 0 Å². The van der Waals surface area contributed by atoms with E-state index in [0.717, 1.165) is 22.0 Å². The van der Waals surface area contributed by atoms with E-state index in [4.69, 9.17) is 10.7 Å². The first-order valence-corrected chi connectivity index (χ1v) is 9.90. The summed E-state index contributed by atoms with van der Waals surface area (Å²) in [6.45, 7) is 0. The van der Waals surface area contributed by atoms with Crippen molar-refractivity contribution in [1.29, 1.82) is 0 Å². The highest BCUT2D eigenvalue weighted by molar-refractivity contribution is 6.07. The summed E-state index contributed by atoms with van der Waals surface area (Å²) < 4.78 is 1.68. The summed E-state index contributed by atoms with van der Waals surface area (Å²) in [7, 11) is 0. The van der Waals surface area contributed by atoms with Crippen molar-refractivity contribution < 1.29 is 0 Å². The molecular weight excluding hydrogens is 404 g/mol. The summed E-state index contributed by atoms with van der Waals surface area (Å²) in [5.41, 5.74) is 10.9. The van der Waals surface area contributed by atoms with E-state index >= 15 is 0 Å².